The molecule has 0 bridgehead atoms. The molecule has 0 amide bonds. The molecule has 1 N–H and O–H groups in total. The Morgan fingerprint density at radius 3 is 2.65 bits per heavy atom. The van der Waals surface area contributed by atoms with E-state index in [2.05, 4.69) is 50.2 Å². The third kappa shape index (κ3) is 2.31. The third-order valence-corrected chi connectivity index (χ3v) is 2.85. The lowest BCUT2D eigenvalue weighted by Crippen LogP contribution is -2.09. The van der Waals surface area contributed by atoms with Crippen LogP contribution in [-0.2, 0) is 0 Å². The predicted octanol–water partition coefficient (Wildman–Crippen LogP) is 2.59. The molecule has 0 fully saturated rings. The van der Waals surface area contributed by atoms with Gasteiger partial charge in [0.1, 0.15) is 12.1 Å². The summed E-state index contributed by atoms with van der Waals surface area (Å²) in [7, 11) is 1.86. The van der Waals surface area contributed by atoms with Crippen molar-refractivity contribution in [1.82, 2.24) is 19.7 Å². The number of hydrogen-bond acceptors (Lipinski definition) is 4. The van der Waals surface area contributed by atoms with Gasteiger partial charge in [0.25, 0.3) is 0 Å². The summed E-state index contributed by atoms with van der Waals surface area (Å²) in [5, 5.41) is 7.35. The van der Waals surface area contributed by atoms with Crippen molar-refractivity contribution in [2.24, 2.45) is 0 Å². The molecule has 2 aromatic heterocycles. The fourth-order valence-electron chi connectivity index (χ4n) is 1.72. The maximum Gasteiger partial charge on any atom is 0.162 e. The molecule has 2 heterocycles. The number of anilines is 1. The zero-order valence-electron chi connectivity index (χ0n) is 9.98. The van der Waals surface area contributed by atoms with Gasteiger partial charge in [-0.2, -0.15) is 5.10 Å². The molecule has 0 spiro atoms. The molecule has 0 aliphatic rings. The SMILES string of the molecule is CNc1ncnc(-n2cc(Br)cn2)c1C(C)C. The molecule has 0 aliphatic carbocycles. The van der Waals surface area contributed by atoms with E-state index >= 15 is 0 Å². The highest BCUT2D eigenvalue weighted by Crippen LogP contribution is 2.27. The molecule has 2 rings (SSSR count). The molecular formula is C11H14BrN5. The fraction of sp³-hybridized carbons (Fsp3) is 0.364. The number of halogens is 1. The van der Waals surface area contributed by atoms with E-state index in [1.807, 2.05) is 13.2 Å². The Kier molecular flexibility index (Phi) is 3.42. The highest BCUT2D eigenvalue weighted by atomic mass is 79.9. The second-order valence-corrected chi connectivity index (χ2v) is 4.88. The van der Waals surface area contributed by atoms with E-state index in [0.717, 1.165) is 21.7 Å². The Morgan fingerprint density at radius 1 is 1.35 bits per heavy atom. The van der Waals surface area contributed by atoms with Crippen molar-refractivity contribution >= 4 is 21.7 Å². The summed E-state index contributed by atoms with van der Waals surface area (Å²) < 4.78 is 2.68. The van der Waals surface area contributed by atoms with Crippen molar-refractivity contribution in [1.29, 1.82) is 0 Å². The minimum Gasteiger partial charge on any atom is -0.373 e. The molecule has 0 radical (unpaired) electrons. The van der Waals surface area contributed by atoms with Gasteiger partial charge in [-0.25, -0.2) is 14.6 Å². The Morgan fingerprint density at radius 2 is 2.12 bits per heavy atom. The lowest BCUT2D eigenvalue weighted by atomic mass is 10.0. The second kappa shape index (κ2) is 4.83. The van der Waals surface area contributed by atoms with Crippen molar-refractivity contribution in [2.45, 2.75) is 19.8 Å². The summed E-state index contributed by atoms with van der Waals surface area (Å²) >= 11 is 3.38. The maximum absolute atomic E-state index is 4.32. The molecule has 5 nitrogen and oxygen atoms in total. The number of nitrogens with zero attached hydrogens (tertiary/aromatic N) is 4. The quantitative estimate of drug-likeness (QED) is 0.946. The smallest absolute Gasteiger partial charge is 0.162 e. The van der Waals surface area contributed by atoms with Crippen LogP contribution in [0.25, 0.3) is 5.82 Å². The Bertz CT molecular complexity index is 520. The summed E-state index contributed by atoms with van der Waals surface area (Å²) in [6.45, 7) is 4.23. The fourth-order valence-corrected chi connectivity index (χ4v) is 2.00. The van der Waals surface area contributed by atoms with Gasteiger partial charge in [-0.05, 0) is 21.8 Å². The minimum absolute atomic E-state index is 0.316. The highest BCUT2D eigenvalue weighted by molar-refractivity contribution is 9.10. The third-order valence-electron chi connectivity index (χ3n) is 2.45. The van der Waals surface area contributed by atoms with Crippen molar-refractivity contribution in [3.8, 4) is 5.82 Å². The topological polar surface area (TPSA) is 55.6 Å². The van der Waals surface area contributed by atoms with Crippen LogP contribution in [0.3, 0.4) is 0 Å². The van der Waals surface area contributed by atoms with E-state index in [0.29, 0.717) is 5.92 Å². The molecule has 0 atom stereocenters. The average Bonchev–Trinajstić information content (AvgIpc) is 2.74. The number of rotatable bonds is 3. The maximum atomic E-state index is 4.32. The molecule has 90 valence electrons. The molecule has 6 heteroatoms. The van der Waals surface area contributed by atoms with Crippen LogP contribution in [0, 0.1) is 0 Å². The van der Waals surface area contributed by atoms with E-state index in [9.17, 15) is 0 Å². The second-order valence-electron chi connectivity index (χ2n) is 3.97. The Hall–Kier alpha value is -1.43. The van der Waals surface area contributed by atoms with Crippen LogP contribution < -0.4 is 5.32 Å². The van der Waals surface area contributed by atoms with E-state index in [-0.39, 0.29) is 0 Å². The average molecular weight is 296 g/mol. The number of hydrogen-bond donors (Lipinski definition) is 1. The van der Waals surface area contributed by atoms with E-state index in [1.54, 1.807) is 17.2 Å². The molecule has 0 aromatic carbocycles. The molecule has 0 unspecified atom stereocenters. The van der Waals surface area contributed by atoms with E-state index in [4.69, 9.17) is 0 Å². The van der Waals surface area contributed by atoms with Gasteiger partial charge in [-0.15, -0.1) is 0 Å². The summed E-state index contributed by atoms with van der Waals surface area (Å²) in [5.41, 5.74) is 1.06. The van der Waals surface area contributed by atoms with Crippen LogP contribution in [0.5, 0.6) is 0 Å². The zero-order valence-corrected chi connectivity index (χ0v) is 11.6. The largest absolute Gasteiger partial charge is 0.373 e. The van der Waals surface area contributed by atoms with Crippen LogP contribution in [-0.4, -0.2) is 26.8 Å². The van der Waals surface area contributed by atoms with Gasteiger partial charge in [0.2, 0.25) is 0 Å². The summed E-state index contributed by atoms with van der Waals surface area (Å²) in [6.07, 6.45) is 5.17. The van der Waals surface area contributed by atoms with Gasteiger partial charge in [0.05, 0.1) is 10.7 Å². The first-order valence-electron chi connectivity index (χ1n) is 5.36. The van der Waals surface area contributed by atoms with Crippen molar-refractivity contribution in [3.63, 3.8) is 0 Å². The molecule has 0 aliphatic heterocycles. The van der Waals surface area contributed by atoms with Crippen molar-refractivity contribution < 1.29 is 0 Å². The lowest BCUT2D eigenvalue weighted by Gasteiger charge is -2.14. The molecule has 0 saturated heterocycles. The van der Waals surface area contributed by atoms with Gasteiger partial charge in [-0.3, -0.25) is 0 Å². The Balaban J connectivity index is 2.60. The monoisotopic (exact) mass is 295 g/mol. The number of aromatic nitrogens is 4. The molecule has 0 saturated carbocycles. The first-order chi connectivity index (χ1) is 8.13. The van der Waals surface area contributed by atoms with Gasteiger partial charge in [0.15, 0.2) is 5.82 Å². The summed E-state index contributed by atoms with van der Waals surface area (Å²) in [5.74, 6) is 1.97. The normalized spacial score (nSPS) is 10.9. The lowest BCUT2D eigenvalue weighted by molar-refractivity contribution is 0.774. The van der Waals surface area contributed by atoms with Crippen molar-refractivity contribution in [2.75, 3.05) is 12.4 Å². The summed E-state index contributed by atoms with van der Waals surface area (Å²) in [4.78, 5) is 8.56. The van der Waals surface area contributed by atoms with Gasteiger partial charge >= 0.3 is 0 Å². The van der Waals surface area contributed by atoms with E-state index in [1.165, 1.54) is 0 Å². The number of nitrogens with one attached hydrogen (secondary N) is 1. The van der Waals surface area contributed by atoms with Crippen LogP contribution >= 0.6 is 15.9 Å². The van der Waals surface area contributed by atoms with Crippen molar-refractivity contribution in [3.05, 3.63) is 28.8 Å². The van der Waals surface area contributed by atoms with Crippen LogP contribution in [0.15, 0.2) is 23.2 Å². The first kappa shape index (κ1) is 12.0. The highest BCUT2D eigenvalue weighted by Gasteiger charge is 2.16. The standard InChI is InChI=1S/C11H14BrN5/c1-7(2)9-10(13-3)14-6-15-11(9)17-5-8(12)4-16-17/h4-7H,1-3H3,(H,13,14,15). The molecule has 2 aromatic rings. The first-order valence-corrected chi connectivity index (χ1v) is 6.16. The Labute approximate surface area is 108 Å². The minimum atomic E-state index is 0.316. The van der Waals surface area contributed by atoms with E-state index < -0.39 is 0 Å². The van der Waals surface area contributed by atoms with Crippen LogP contribution in [0.2, 0.25) is 0 Å². The van der Waals surface area contributed by atoms with Gasteiger partial charge in [0, 0.05) is 18.8 Å². The molecular weight excluding hydrogens is 282 g/mol. The summed E-state index contributed by atoms with van der Waals surface area (Å²) in [6, 6.07) is 0. The van der Waals surface area contributed by atoms with Gasteiger partial charge in [-0.1, -0.05) is 13.8 Å². The molecule has 17 heavy (non-hydrogen) atoms. The predicted molar refractivity (Wildman–Crippen MR) is 70.5 cm³/mol. The van der Waals surface area contributed by atoms with Crippen LogP contribution in [0.4, 0.5) is 5.82 Å². The van der Waals surface area contributed by atoms with Gasteiger partial charge < -0.3 is 5.32 Å². The zero-order chi connectivity index (χ0) is 12.4. The van der Waals surface area contributed by atoms with Crippen LogP contribution in [0.1, 0.15) is 25.3 Å².